The van der Waals surface area contributed by atoms with E-state index in [0.29, 0.717) is 0 Å². The number of ether oxygens (including phenoxy) is 2. The number of carbonyl (C=O) groups excluding carboxylic acids is 2. The van der Waals surface area contributed by atoms with Crippen molar-refractivity contribution < 1.29 is 29.0 Å². The highest BCUT2D eigenvalue weighted by Gasteiger charge is 2.47. The number of carbonyl (C=O) groups is 3. The molecule has 6 nitrogen and oxygen atoms in total. The summed E-state index contributed by atoms with van der Waals surface area (Å²) in [6.45, 7) is 2.70. The summed E-state index contributed by atoms with van der Waals surface area (Å²) >= 11 is 0. The Kier molecular flexibility index (Phi) is 1.99. The smallest absolute Gasteiger partial charge is 0.335 e. The van der Waals surface area contributed by atoms with Crippen LogP contribution in [0, 0.1) is 5.92 Å². The van der Waals surface area contributed by atoms with Crippen LogP contribution in [0.25, 0.3) is 0 Å². The average molecular weight is 188 g/mol. The van der Waals surface area contributed by atoms with Crippen molar-refractivity contribution in [1.82, 2.24) is 0 Å². The summed E-state index contributed by atoms with van der Waals surface area (Å²) in [6.07, 6.45) is 0. The quantitative estimate of drug-likeness (QED) is 0.441. The molecule has 0 aliphatic carbocycles. The third kappa shape index (κ3) is 1.77. The van der Waals surface area contributed by atoms with Gasteiger partial charge in [0.05, 0.1) is 0 Å². The molecule has 0 bridgehead atoms. The highest BCUT2D eigenvalue weighted by molar-refractivity contribution is 6.12. The molecule has 0 amide bonds. The Balaban J connectivity index is 2.89. The molecule has 0 spiro atoms. The van der Waals surface area contributed by atoms with Gasteiger partial charge in [0, 0.05) is 13.8 Å². The van der Waals surface area contributed by atoms with Gasteiger partial charge in [-0.2, -0.15) is 0 Å². The summed E-state index contributed by atoms with van der Waals surface area (Å²) in [5, 5.41) is 8.45. The van der Waals surface area contributed by atoms with Gasteiger partial charge in [-0.25, -0.2) is 0 Å². The van der Waals surface area contributed by atoms with E-state index in [1.165, 1.54) is 13.8 Å². The van der Waals surface area contributed by atoms with E-state index in [-0.39, 0.29) is 0 Å². The second-order valence-corrected chi connectivity index (χ2v) is 3.01. The Morgan fingerprint density at radius 2 is 1.69 bits per heavy atom. The van der Waals surface area contributed by atoms with E-state index >= 15 is 0 Å². The summed E-state index contributed by atoms with van der Waals surface area (Å²) < 4.78 is 9.11. The molecule has 13 heavy (non-hydrogen) atoms. The van der Waals surface area contributed by atoms with Crippen molar-refractivity contribution in [2.75, 3.05) is 0 Å². The highest BCUT2D eigenvalue weighted by atomic mass is 16.7. The SMILES string of the molecule is CC1(C)OC(=O)C(C(=O)O)C(=O)O1. The Morgan fingerprint density at radius 1 is 1.31 bits per heavy atom. The van der Waals surface area contributed by atoms with Gasteiger partial charge in [-0.3, -0.25) is 14.4 Å². The summed E-state index contributed by atoms with van der Waals surface area (Å²) in [5.74, 6) is -6.97. The molecular formula is C7H8O6. The Labute approximate surface area is 73.4 Å². The normalized spacial score (nSPS) is 22.0. The molecule has 1 aliphatic heterocycles. The van der Waals surface area contributed by atoms with Crippen LogP contribution in [0.3, 0.4) is 0 Å². The minimum absolute atomic E-state index is 1.09. The van der Waals surface area contributed by atoms with Gasteiger partial charge in [0.2, 0.25) is 0 Å². The van der Waals surface area contributed by atoms with E-state index in [4.69, 9.17) is 5.11 Å². The molecule has 1 saturated heterocycles. The first-order valence-electron chi connectivity index (χ1n) is 3.52. The van der Waals surface area contributed by atoms with Crippen LogP contribution in [-0.2, 0) is 23.9 Å². The van der Waals surface area contributed by atoms with Gasteiger partial charge in [-0.1, -0.05) is 0 Å². The van der Waals surface area contributed by atoms with Crippen molar-refractivity contribution in [3.05, 3.63) is 0 Å². The molecule has 1 heterocycles. The number of esters is 2. The van der Waals surface area contributed by atoms with Crippen LogP contribution >= 0.6 is 0 Å². The van der Waals surface area contributed by atoms with Crippen molar-refractivity contribution in [3.63, 3.8) is 0 Å². The van der Waals surface area contributed by atoms with Crippen molar-refractivity contribution in [2.24, 2.45) is 5.92 Å². The molecule has 0 unspecified atom stereocenters. The highest BCUT2D eigenvalue weighted by Crippen LogP contribution is 2.22. The van der Waals surface area contributed by atoms with E-state index in [1.807, 2.05) is 0 Å². The fraction of sp³-hybridized carbons (Fsp3) is 0.571. The molecule has 6 heteroatoms. The number of aliphatic carboxylic acids is 1. The zero-order valence-electron chi connectivity index (χ0n) is 7.07. The third-order valence-electron chi connectivity index (χ3n) is 1.41. The Bertz CT molecular complexity index is 259. The second kappa shape index (κ2) is 2.72. The molecule has 0 radical (unpaired) electrons. The van der Waals surface area contributed by atoms with Gasteiger partial charge in [-0.05, 0) is 0 Å². The lowest BCUT2D eigenvalue weighted by Gasteiger charge is -2.31. The van der Waals surface area contributed by atoms with Crippen molar-refractivity contribution in [1.29, 1.82) is 0 Å². The average Bonchev–Trinajstić information content (AvgIpc) is 1.78. The van der Waals surface area contributed by atoms with E-state index in [9.17, 15) is 14.4 Å². The van der Waals surface area contributed by atoms with E-state index in [2.05, 4.69) is 9.47 Å². The summed E-state index contributed by atoms with van der Waals surface area (Å²) in [5.41, 5.74) is 0. The molecule has 0 aromatic carbocycles. The van der Waals surface area contributed by atoms with Crippen molar-refractivity contribution >= 4 is 17.9 Å². The zero-order chi connectivity index (χ0) is 10.2. The number of hydrogen-bond acceptors (Lipinski definition) is 5. The molecule has 1 N–H and O–H groups in total. The van der Waals surface area contributed by atoms with E-state index in [0.717, 1.165) is 0 Å². The molecule has 72 valence electrons. The lowest BCUT2D eigenvalue weighted by atomic mass is 10.1. The van der Waals surface area contributed by atoms with E-state index < -0.39 is 29.6 Å². The molecule has 1 aliphatic rings. The fourth-order valence-corrected chi connectivity index (χ4v) is 0.921. The van der Waals surface area contributed by atoms with Gasteiger partial charge in [0.1, 0.15) is 0 Å². The van der Waals surface area contributed by atoms with Crippen LogP contribution in [0.4, 0.5) is 0 Å². The molecule has 1 fully saturated rings. The van der Waals surface area contributed by atoms with Gasteiger partial charge in [-0.15, -0.1) is 0 Å². The number of rotatable bonds is 1. The monoisotopic (exact) mass is 188 g/mol. The Hall–Kier alpha value is -1.59. The predicted octanol–water partition coefficient (Wildman–Crippen LogP) is -0.477. The predicted molar refractivity (Wildman–Crippen MR) is 37.4 cm³/mol. The largest absolute Gasteiger partial charge is 0.480 e. The second-order valence-electron chi connectivity index (χ2n) is 3.01. The van der Waals surface area contributed by atoms with E-state index in [1.54, 1.807) is 0 Å². The molecule has 0 aromatic rings. The first kappa shape index (κ1) is 9.50. The molecule has 1 rings (SSSR count). The van der Waals surface area contributed by atoms with Crippen molar-refractivity contribution in [2.45, 2.75) is 19.6 Å². The van der Waals surface area contributed by atoms with Crippen molar-refractivity contribution in [3.8, 4) is 0 Å². The molecule has 0 atom stereocenters. The first-order chi connectivity index (χ1) is 5.83. The number of carboxylic acid groups (broad SMARTS) is 1. The van der Waals surface area contributed by atoms with Gasteiger partial charge < -0.3 is 14.6 Å². The standard InChI is InChI=1S/C7H8O6/c1-7(2)12-5(10)3(4(8)9)6(11)13-7/h3H,1-2H3,(H,8,9). The molecule has 0 aromatic heterocycles. The number of carboxylic acids is 1. The molecule has 0 saturated carbocycles. The van der Waals surface area contributed by atoms with Crippen LogP contribution in [0.2, 0.25) is 0 Å². The lowest BCUT2D eigenvalue weighted by Crippen LogP contribution is -2.49. The topological polar surface area (TPSA) is 89.9 Å². The van der Waals surface area contributed by atoms with Crippen LogP contribution in [0.5, 0.6) is 0 Å². The third-order valence-corrected chi connectivity index (χ3v) is 1.41. The maximum absolute atomic E-state index is 11.0. The van der Waals surface area contributed by atoms with Crippen LogP contribution < -0.4 is 0 Å². The maximum atomic E-state index is 11.0. The maximum Gasteiger partial charge on any atom is 0.335 e. The summed E-state index contributed by atoms with van der Waals surface area (Å²) in [4.78, 5) is 32.3. The lowest BCUT2D eigenvalue weighted by molar-refractivity contribution is -0.239. The van der Waals surface area contributed by atoms with Crippen LogP contribution in [0.1, 0.15) is 13.8 Å². The number of hydrogen-bond donors (Lipinski definition) is 1. The minimum atomic E-state index is -1.85. The Morgan fingerprint density at radius 3 is 2.00 bits per heavy atom. The first-order valence-corrected chi connectivity index (χ1v) is 3.52. The van der Waals surface area contributed by atoms with Crippen LogP contribution in [0.15, 0.2) is 0 Å². The van der Waals surface area contributed by atoms with Gasteiger partial charge in [0.15, 0.2) is 0 Å². The van der Waals surface area contributed by atoms with Gasteiger partial charge >= 0.3 is 17.9 Å². The zero-order valence-corrected chi connectivity index (χ0v) is 7.07. The number of cyclic esters (lactones) is 2. The molecular weight excluding hydrogens is 180 g/mol. The summed E-state index contributed by atoms with van der Waals surface area (Å²) in [6, 6.07) is 0. The van der Waals surface area contributed by atoms with Crippen LogP contribution in [-0.4, -0.2) is 28.8 Å². The van der Waals surface area contributed by atoms with Gasteiger partial charge in [0.25, 0.3) is 11.7 Å². The summed E-state index contributed by atoms with van der Waals surface area (Å²) in [7, 11) is 0. The minimum Gasteiger partial charge on any atom is -0.480 e. The fourth-order valence-electron chi connectivity index (χ4n) is 0.921.